The second-order valence-electron chi connectivity index (χ2n) is 5.98. The molecule has 0 saturated carbocycles. The predicted octanol–water partition coefficient (Wildman–Crippen LogP) is 1.23. The quantitative estimate of drug-likeness (QED) is 0.884. The number of hydrogen-bond acceptors (Lipinski definition) is 5. The van der Waals surface area contributed by atoms with Gasteiger partial charge in [-0.3, -0.25) is 4.90 Å². The van der Waals surface area contributed by atoms with Gasteiger partial charge in [0, 0.05) is 52.1 Å². The predicted molar refractivity (Wildman–Crippen MR) is 84.4 cm³/mol. The van der Waals surface area contributed by atoms with Crippen molar-refractivity contribution in [1.29, 1.82) is 0 Å². The number of aromatic nitrogens is 1. The Morgan fingerprint density at radius 2 is 2.10 bits per heavy atom. The summed E-state index contributed by atoms with van der Waals surface area (Å²) >= 11 is 0. The summed E-state index contributed by atoms with van der Waals surface area (Å²) < 4.78 is 5.70. The van der Waals surface area contributed by atoms with Crippen LogP contribution in [-0.2, 0) is 11.3 Å². The van der Waals surface area contributed by atoms with Gasteiger partial charge in [-0.2, -0.15) is 0 Å². The lowest BCUT2D eigenvalue weighted by Crippen LogP contribution is -2.47. The van der Waals surface area contributed by atoms with Crippen molar-refractivity contribution in [1.82, 2.24) is 9.88 Å². The van der Waals surface area contributed by atoms with Crippen LogP contribution in [0.15, 0.2) is 18.3 Å². The molecular weight excluding hydrogens is 264 g/mol. The maximum atomic E-state index is 5.70. The van der Waals surface area contributed by atoms with Crippen molar-refractivity contribution < 1.29 is 4.74 Å². The number of piperazine rings is 1. The molecule has 0 radical (unpaired) electrons. The number of anilines is 1. The third-order valence-corrected chi connectivity index (χ3v) is 4.53. The first-order chi connectivity index (χ1) is 10.3. The van der Waals surface area contributed by atoms with Gasteiger partial charge < -0.3 is 15.4 Å². The molecule has 0 aromatic carbocycles. The van der Waals surface area contributed by atoms with Crippen LogP contribution in [0.25, 0.3) is 0 Å². The van der Waals surface area contributed by atoms with Crippen molar-refractivity contribution in [3.63, 3.8) is 0 Å². The van der Waals surface area contributed by atoms with E-state index in [1.165, 1.54) is 19.3 Å². The number of pyridine rings is 1. The maximum absolute atomic E-state index is 5.70. The van der Waals surface area contributed by atoms with Gasteiger partial charge in [0.05, 0.1) is 6.10 Å². The second kappa shape index (κ2) is 7.20. The van der Waals surface area contributed by atoms with Crippen molar-refractivity contribution in [2.45, 2.75) is 31.9 Å². The van der Waals surface area contributed by atoms with Gasteiger partial charge in [0.1, 0.15) is 5.82 Å². The number of hydrogen-bond donors (Lipinski definition) is 1. The normalized spacial score (nSPS) is 23.7. The zero-order valence-electron chi connectivity index (χ0n) is 12.7. The van der Waals surface area contributed by atoms with Crippen molar-refractivity contribution in [3.05, 3.63) is 23.9 Å². The van der Waals surface area contributed by atoms with Crippen LogP contribution in [0.4, 0.5) is 5.82 Å². The number of ether oxygens (including phenoxy) is 1. The summed E-state index contributed by atoms with van der Waals surface area (Å²) in [5.74, 6) is 1.07. The standard InChI is InChI=1S/C16H26N4O/c17-12-14-3-4-16(18-13-14)20-9-7-19(8-10-20)6-5-15-2-1-11-21-15/h3-4,13,15H,1-2,5-12,17H2. The van der Waals surface area contributed by atoms with Crippen molar-refractivity contribution >= 4 is 5.82 Å². The van der Waals surface area contributed by atoms with Crippen LogP contribution in [0.1, 0.15) is 24.8 Å². The van der Waals surface area contributed by atoms with Crippen LogP contribution < -0.4 is 10.6 Å². The molecule has 1 unspecified atom stereocenters. The minimum absolute atomic E-state index is 0.508. The second-order valence-corrected chi connectivity index (χ2v) is 5.98. The summed E-state index contributed by atoms with van der Waals surface area (Å²) in [6, 6.07) is 4.16. The van der Waals surface area contributed by atoms with Gasteiger partial charge in [0.25, 0.3) is 0 Å². The first-order valence-corrected chi connectivity index (χ1v) is 8.09. The Bertz CT molecular complexity index is 422. The lowest BCUT2D eigenvalue weighted by atomic mass is 10.1. The highest BCUT2D eigenvalue weighted by molar-refractivity contribution is 5.39. The van der Waals surface area contributed by atoms with Crippen LogP contribution >= 0.6 is 0 Å². The molecular formula is C16H26N4O. The lowest BCUT2D eigenvalue weighted by Gasteiger charge is -2.35. The zero-order valence-corrected chi connectivity index (χ0v) is 12.7. The summed E-state index contributed by atoms with van der Waals surface area (Å²) in [6.45, 7) is 7.03. The SMILES string of the molecule is NCc1ccc(N2CCN(CCC3CCCO3)CC2)nc1. The van der Waals surface area contributed by atoms with Gasteiger partial charge in [-0.15, -0.1) is 0 Å². The van der Waals surface area contributed by atoms with Crippen LogP contribution in [0, 0.1) is 0 Å². The summed E-state index contributed by atoms with van der Waals surface area (Å²) in [5.41, 5.74) is 6.70. The van der Waals surface area contributed by atoms with E-state index >= 15 is 0 Å². The minimum Gasteiger partial charge on any atom is -0.378 e. The third kappa shape index (κ3) is 3.93. The van der Waals surface area contributed by atoms with E-state index in [1.807, 2.05) is 6.20 Å². The smallest absolute Gasteiger partial charge is 0.128 e. The fourth-order valence-corrected chi connectivity index (χ4v) is 3.12. The molecule has 0 amide bonds. The Morgan fingerprint density at radius 1 is 1.24 bits per heavy atom. The third-order valence-electron chi connectivity index (χ3n) is 4.53. The largest absolute Gasteiger partial charge is 0.378 e. The summed E-state index contributed by atoms with van der Waals surface area (Å²) in [7, 11) is 0. The van der Waals surface area contributed by atoms with Crippen molar-refractivity contribution in [2.24, 2.45) is 5.73 Å². The Hall–Kier alpha value is -1.17. The highest BCUT2D eigenvalue weighted by Gasteiger charge is 2.20. The van der Waals surface area contributed by atoms with Crippen LogP contribution in [0.3, 0.4) is 0 Å². The molecule has 1 aromatic heterocycles. The molecule has 1 aromatic rings. The maximum Gasteiger partial charge on any atom is 0.128 e. The molecule has 0 spiro atoms. The van der Waals surface area contributed by atoms with Gasteiger partial charge in [-0.1, -0.05) is 6.07 Å². The Balaban J connectivity index is 1.43. The fourth-order valence-electron chi connectivity index (χ4n) is 3.12. The van der Waals surface area contributed by atoms with Gasteiger partial charge in [-0.05, 0) is 30.9 Å². The lowest BCUT2D eigenvalue weighted by molar-refractivity contribution is 0.0910. The van der Waals surface area contributed by atoms with E-state index < -0.39 is 0 Å². The number of rotatable bonds is 5. The average molecular weight is 290 g/mol. The zero-order chi connectivity index (χ0) is 14.5. The highest BCUT2D eigenvalue weighted by Crippen LogP contribution is 2.17. The fraction of sp³-hybridized carbons (Fsp3) is 0.688. The molecule has 116 valence electrons. The van der Waals surface area contributed by atoms with E-state index in [0.717, 1.165) is 50.7 Å². The minimum atomic E-state index is 0.508. The van der Waals surface area contributed by atoms with Crippen molar-refractivity contribution in [2.75, 3.05) is 44.2 Å². The van der Waals surface area contributed by atoms with E-state index in [-0.39, 0.29) is 0 Å². The topological polar surface area (TPSA) is 54.6 Å². The number of nitrogens with zero attached hydrogens (tertiary/aromatic N) is 3. The van der Waals surface area contributed by atoms with Crippen LogP contribution in [0.2, 0.25) is 0 Å². The molecule has 2 fully saturated rings. The Kier molecular flexibility index (Phi) is 5.06. The molecule has 2 aliphatic rings. The Morgan fingerprint density at radius 3 is 2.71 bits per heavy atom. The molecule has 1 atom stereocenters. The monoisotopic (exact) mass is 290 g/mol. The van der Waals surface area contributed by atoms with Gasteiger partial charge in [0.15, 0.2) is 0 Å². The molecule has 0 aliphatic carbocycles. The summed E-state index contributed by atoms with van der Waals surface area (Å²) in [4.78, 5) is 9.43. The van der Waals surface area contributed by atoms with E-state index in [0.29, 0.717) is 12.6 Å². The molecule has 21 heavy (non-hydrogen) atoms. The van der Waals surface area contributed by atoms with E-state index in [1.54, 1.807) is 0 Å². The van der Waals surface area contributed by atoms with Crippen LogP contribution in [0.5, 0.6) is 0 Å². The molecule has 3 heterocycles. The number of nitrogens with two attached hydrogens (primary N) is 1. The van der Waals surface area contributed by atoms with Crippen molar-refractivity contribution in [3.8, 4) is 0 Å². The molecule has 0 bridgehead atoms. The molecule has 2 aliphatic heterocycles. The van der Waals surface area contributed by atoms with Crippen LogP contribution in [-0.4, -0.2) is 55.3 Å². The van der Waals surface area contributed by atoms with E-state index in [9.17, 15) is 0 Å². The van der Waals surface area contributed by atoms with E-state index in [4.69, 9.17) is 10.5 Å². The molecule has 2 N–H and O–H groups in total. The van der Waals surface area contributed by atoms with E-state index in [2.05, 4.69) is 26.9 Å². The Labute approximate surface area is 127 Å². The molecule has 3 rings (SSSR count). The molecule has 5 nitrogen and oxygen atoms in total. The first-order valence-electron chi connectivity index (χ1n) is 8.09. The van der Waals surface area contributed by atoms with Gasteiger partial charge in [-0.25, -0.2) is 4.98 Å². The molecule has 2 saturated heterocycles. The molecule has 5 heteroatoms. The first kappa shape index (κ1) is 14.8. The van der Waals surface area contributed by atoms with Gasteiger partial charge >= 0.3 is 0 Å². The summed E-state index contributed by atoms with van der Waals surface area (Å²) in [5, 5.41) is 0. The summed E-state index contributed by atoms with van der Waals surface area (Å²) in [6.07, 6.45) is 6.07. The average Bonchev–Trinajstić information content (AvgIpc) is 3.07. The van der Waals surface area contributed by atoms with Gasteiger partial charge in [0.2, 0.25) is 0 Å². The highest BCUT2D eigenvalue weighted by atomic mass is 16.5.